The summed E-state index contributed by atoms with van der Waals surface area (Å²) in [5.41, 5.74) is 8.10. The lowest BCUT2D eigenvalue weighted by Crippen LogP contribution is -2.25. The molecule has 151 valence electrons. The molecule has 1 aliphatic rings. The predicted octanol–water partition coefficient (Wildman–Crippen LogP) is 6.59. The Morgan fingerprint density at radius 2 is 1.40 bits per heavy atom. The first-order valence-electron chi connectivity index (χ1n) is 10.6. The van der Waals surface area contributed by atoms with E-state index < -0.39 is 8.80 Å². The van der Waals surface area contributed by atoms with Crippen molar-refractivity contribution in [2.24, 2.45) is 0 Å². The number of benzene rings is 3. The lowest BCUT2D eigenvalue weighted by Gasteiger charge is -2.23. The van der Waals surface area contributed by atoms with E-state index in [9.17, 15) is 0 Å². The molecule has 0 saturated heterocycles. The highest BCUT2D eigenvalue weighted by Gasteiger charge is 2.27. The number of methoxy groups -OCH3 is 1. The first kappa shape index (κ1) is 20.4. The molecule has 0 aliphatic heterocycles. The zero-order valence-electron chi connectivity index (χ0n) is 18.3. The maximum atomic E-state index is 5.99. The minimum Gasteiger partial charge on any atom is -0.496 e. The van der Waals surface area contributed by atoms with Gasteiger partial charge in [0.2, 0.25) is 0 Å². The Morgan fingerprint density at radius 1 is 0.800 bits per heavy atom. The molecule has 4 rings (SSSR count). The average molecular weight is 410 g/mol. The third kappa shape index (κ3) is 3.93. The molecular formula is C28H29OSi. The van der Waals surface area contributed by atoms with Gasteiger partial charge in [0.15, 0.2) is 0 Å². The van der Waals surface area contributed by atoms with E-state index >= 15 is 0 Å². The minimum atomic E-state index is -0.623. The number of ether oxygens (including phenoxy) is 1. The fourth-order valence-electron chi connectivity index (χ4n) is 4.52. The molecule has 0 atom stereocenters. The SMILES string of the molecule is COc1c(C2=C(C(c3ccccc3)c3ccccc3)C=C(C)C2)cccc1[Si](C)C. The summed E-state index contributed by atoms with van der Waals surface area (Å²) in [6.07, 6.45) is 3.37. The Kier molecular flexibility index (Phi) is 6.05. The topological polar surface area (TPSA) is 9.23 Å². The summed E-state index contributed by atoms with van der Waals surface area (Å²) < 4.78 is 5.99. The average Bonchev–Trinajstić information content (AvgIpc) is 3.15. The number of rotatable bonds is 6. The van der Waals surface area contributed by atoms with Crippen LogP contribution >= 0.6 is 0 Å². The van der Waals surface area contributed by atoms with Gasteiger partial charge in [-0.25, -0.2) is 0 Å². The Bertz CT molecular complexity index is 1040. The van der Waals surface area contributed by atoms with Crippen molar-refractivity contribution in [2.75, 3.05) is 7.11 Å². The van der Waals surface area contributed by atoms with E-state index in [2.05, 4.69) is 105 Å². The maximum absolute atomic E-state index is 5.99. The van der Waals surface area contributed by atoms with Gasteiger partial charge in [-0.15, -0.1) is 0 Å². The molecule has 1 nitrogen and oxygen atoms in total. The maximum Gasteiger partial charge on any atom is 0.125 e. The molecule has 0 bridgehead atoms. The van der Waals surface area contributed by atoms with Crippen molar-refractivity contribution in [1.29, 1.82) is 0 Å². The van der Waals surface area contributed by atoms with Crippen LogP contribution < -0.4 is 9.92 Å². The van der Waals surface area contributed by atoms with Crippen molar-refractivity contribution in [3.8, 4) is 5.75 Å². The molecule has 0 aromatic heterocycles. The standard InChI is InChI=1S/C28H29OSi/c1-20-18-24(23-16-11-17-26(30(3)4)28(23)29-2)25(19-20)27(21-12-7-5-8-13-21)22-14-9-6-10-15-22/h5-17,19,27H,18H2,1-4H3. The number of hydrogen-bond acceptors (Lipinski definition) is 1. The molecule has 3 aromatic carbocycles. The van der Waals surface area contributed by atoms with Crippen LogP contribution in [0.1, 0.15) is 36.0 Å². The van der Waals surface area contributed by atoms with E-state index in [0.717, 1.165) is 12.2 Å². The lowest BCUT2D eigenvalue weighted by atomic mass is 9.82. The van der Waals surface area contributed by atoms with Gasteiger partial charge in [-0.1, -0.05) is 104 Å². The molecule has 3 aromatic rings. The highest BCUT2D eigenvalue weighted by Crippen LogP contribution is 2.45. The quantitative estimate of drug-likeness (QED) is 0.417. The zero-order valence-corrected chi connectivity index (χ0v) is 19.3. The summed E-state index contributed by atoms with van der Waals surface area (Å²) >= 11 is 0. The van der Waals surface area contributed by atoms with E-state index in [1.807, 2.05) is 7.11 Å². The number of para-hydroxylation sites is 1. The van der Waals surface area contributed by atoms with Crippen LogP contribution in [0.2, 0.25) is 13.1 Å². The molecular weight excluding hydrogens is 380 g/mol. The van der Waals surface area contributed by atoms with Crippen LogP contribution in [0.25, 0.3) is 5.57 Å². The monoisotopic (exact) mass is 409 g/mol. The Balaban J connectivity index is 1.95. The molecule has 1 aliphatic carbocycles. The van der Waals surface area contributed by atoms with Crippen LogP contribution in [0.4, 0.5) is 0 Å². The minimum absolute atomic E-state index is 0.209. The summed E-state index contributed by atoms with van der Waals surface area (Å²) in [6, 6.07) is 28.4. The van der Waals surface area contributed by atoms with Gasteiger partial charge in [-0.2, -0.15) is 0 Å². The fourth-order valence-corrected chi connectivity index (χ4v) is 5.64. The third-order valence-corrected chi connectivity index (χ3v) is 7.34. The van der Waals surface area contributed by atoms with E-state index in [0.29, 0.717) is 0 Å². The van der Waals surface area contributed by atoms with E-state index in [1.54, 1.807) is 0 Å². The first-order chi connectivity index (χ1) is 14.6. The van der Waals surface area contributed by atoms with Gasteiger partial charge in [0.05, 0.1) is 15.9 Å². The van der Waals surface area contributed by atoms with Crippen molar-refractivity contribution in [2.45, 2.75) is 32.4 Å². The molecule has 0 saturated carbocycles. The fraction of sp³-hybridized carbons (Fsp3) is 0.214. The van der Waals surface area contributed by atoms with E-state index in [-0.39, 0.29) is 5.92 Å². The molecule has 0 unspecified atom stereocenters. The zero-order chi connectivity index (χ0) is 21.1. The molecule has 0 spiro atoms. The number of hydrogen-bond donors (Lipinski definition) is 0. The van der Waals surface area contributed by atoms with Gasteiger partial charge >= 0.3 is 0 Å². The van der Waals surface area contributed by atoms with Crippen LogP contribution in [-0.4, -0.2) is 15.9 Å². The van der Waals surface area contributed by atoms with Crippen LogP contribution in [-0.2, 0) is 0 Å². The number of allylic oxidation sites excluding steroid dienone is 4. The molecule has 2 heteroatoms. The van der Waals surface area contributed by atoms with E-state index in [4.69, 9.17) is 4.74 Å². The second-order valence-corrected chi connectivity index (χ2v) is 10.8. The van der Waals surface area contributed by atoms with Gasteiger partial charge in [0, 0.05) is 11.5 Å². The summed E-state index contributed by atoms with van der Waals surface area (Å²) in [5.74, 6) is 1.27. The lowest BCUT2D eigenvalue weighted by molar-refractivity contribution is 0.416. The van der Waals surface area contributed by atoms with Gasteiger partial charge in [-0.3, -0.25) is 0 Å². The summed E-state index contributed by atoms with van der Waals surface area (Å²) in [5, 5.41) is 1.37. The van der Waals surface area contributed by atoms with Crippen molar-refractivity contribution in [3.63, 3.8) is 0 Å². The molecule has 0 heterocycles. The smallest absolute Gasteiger partial charge is 0.125 e. The Morgan fingerprint density at radius 3 is 1.93 bits per heavy atom. The van der Waals surface area contributed by atoms with E-state index in [1.165, 1.54) is 38.6 Å². The van der Waals surface area contributed by atoms with Crippen molar-refractivity contribution in [1.82, 2.24) is 0 Å². The highest BCUT2D eigenvalue weighted by molar-refractivity contribution is 6.71. The van der Waals surface area contributed by atoms with Gasteiger partial charge in [0.25, 0.3) is 0 Å². The third-order valence-electron chi connectivity index (χ3n) is 5.87. The normalized spacial score (nSPS) is 13.9. The van der Waals surface area contributed by atoms with Gasteiger partial charge in [-0.05, 0) is 40.8 Å². The van der Waals surface area contributed by atoms with Crippen LogP contribution in [0.3, 0.4) is 0 Å². The van der Waals surface area contributed by atoms with Gasteiger partial charge < -0.3 is 4.74 Å². The largest absolute Gasteiger partial charge is 0.496 e. The van der Waals surface area contributed by atoms with Crippen LogP contribution in [0.15, 0.2) is 96.1 Å². The summed E-state index contributed by atoms with van der Waals surface area (Å²) in [7, 11) is 1.19. The Hall–Kier alpha value is -2.84. The molecule has 30 heavy (non-hydrogen) atoms. The van der Waals surface area contributed by atoms with Crippen molar-refractivity contribution < 1.29 is 4.74 Å². The van der Waals surface area contributed by atoms with Crippen LogP contribution in [0, 0.1) is 0 Å². The van der Waals surface area contributed by atoms with Crippen LogP contribution in [0.5, 0.6) is 5.75 Å². The highest BCUT2D eigenvalue weighted by atomic mass is 28.3. The predicted molar refractivity (Wildman–Crippen MR) is 130 cm³/mol. The Labute approximate surface area is 182 Å². The van der Waals surface area contributed by atoms with Crippen molar-refractivity contribution >= 4 is 19.6 Å². The first-order valence-corrected chi connectivity index (χ1v) is 13.1. The molecule has 0 N–H and O–H groups in total. The molecule has 0 fully saturated rings. The molecule has 1 radical (unpaired) electrons. The van der Waals surface area contributed by atoms with Crippen molar-refractivity contribution in [3.05, 3.63) is 113 Å². The second-order valence-electron chi connectivity index (χ2n) is 8.24. The summed E-state index contributed by atoms with van der Waals surface area (Å²) in [6.45, 7) is 6.90. The summed E-state index contributed by atoms with van der Waals surface area (Å²) in [4.78, 5) is 0. The second kappa shape index (κ2) is 8.89. The molecule has 0 amide bonds. The van der Waals surface area contributed by atoms with Gasteiger partial charge in [0.1, 0.15) is 5.75 Å².